The summed E-state index contributed by atoms with van der Waals surface area (Å²) in [7, 11) is 0. The molecule has 6 nitrogen and oxygen atoms in total. The lowest BCUT2D eigenvalue weighted by atomic mass is 10.2. The number of nitrogens with zero attached hydrogens (tertiary/aromatic N) is 4. The van der Waals surface area contributed by atoms with Crippen molar-refractivity contribution in [1.29, 1.82) is 0 Å². The molecule has 114 valence electrons. The number of hydrogen-bond acceptors (Lipinski definition) is 4. The van der Waals surface area contributed by atoms with Crippen LogP contribution in [0.5, 0.6) is 0 Å². The summed E-state index contributed by atoms with van der Waals surface area (Å²) in [5.74, 6) is -1.32. The van der Waals surface area contributed by atoms with Gasteiger partial charge in [-0.2, -0.15) is 13.5 Å². The largest absolute Gasteiger partial charge is 0.437 e. The molecule has 0 fully saturated rings. The average molecular weight is 310 g/mol. The van der Waals surface area contributed by atoms with Crippen molar-refractivity contribution >= 4 is 0 Å². The van der Waals surface area contributed by atoms with Crippen LogP contribution in [0.25, 0.3) is 11.5 Å². The summed E-state index contributed by atoms with van der Waals surface area (Å²) < 4.78 is 44.8. The molecule has 0 spiro atoms. The van der Waals surface area contributed by atoms with Gasteiger partial charge in [-0.3, -0.25) is 4.57 Å². The fraction of sp³-hybridized carbons (Fsp3) is 0.154. The second-order valence-corrected chi connectivity index (χ2v) is 4.37. The predicted molar refractivity (Wildman–Crippen MR) is 68.7 cm³/mol. The molecule has 1 aromatic carbocycles. The van der Waals surface area contributed by atoms with E-state index in [0.717, 1.165) is 10.9 Å². The van der Waals surface area contributed by atoms with Gasteiger partial charge in [-0.15, -0.1) is 5.10 Å². The van der Waals surface area contributed by atoms with E-state index in [1.54, 1.807) is 0 Å². The molecule has 2 heterocycles. The van der Waals surface area contributed by atoms with Gasteiger partial charge in [-0.25, -0.2) is 14.2 Å². The van der Waals surface area contributed by atoms with E-state index in [-0.39, 0.29) is 18.3 Å². The van der Waals surface area contributed by atoms with Crippen LogP contribution in [0.1, 0.15) is 12.4 Å². The van der Waals surface area contributed by atoms with Crippen molar-refractivity contribution in [3.63, 3.8) is 0 Å². The molecule has 0 N–H and O–H groups in total. The Hall–Kier alpha value is -2.84. The van der Waals surface area contributed by atoms with Crippen molar-refractivity contribution in [3.05, 3.63) is 58.9 Å². The molecule has 3 rings (SSSR count). The van der Waals surface area contributed by atoms with E-state index in [9.17, 15) is 18.0 Å². The first kappa shape index (κ1) is 14.1. The zero-order valence-corrected chi connectivity index (χ0v) is 11.0. The van der Waals surface area contributed by atoms with Gasteiger partial charge in [-0.1, -0.05) is 0 Å². The minimum atomic E-state index is -2.77. The summed E-state index contributed by atoms with van der Waals surface area (Å²) in [6.07, 6.45) is 2.31. The van der Waals surface area contributed by atoms with Crippen LogP contribution >= 0.6 is 0 Å². The van der Waals surface area contributed by atoms with E-state index < -0.39 is 18.1 Å². The number of hydrogen-bond donors (Lipinski definition) is 0. The number of rotatable bonds is 4. The zero-order valence-electron chi connectivity index (χ0n) is 11.0. The van der Waals surface area contributed by atoms with Gasteiger partial charge >= 0.3 is 12.3 Å². The standard InChI is InChI=1S/C13H9F3N4O2/c14-9-3-1-8(2-4-9)11-18-20(13(21)22-11)7-10-17-5-6-19(10)12(15)16/h1-6,12H,7H2. The molecule has 2 aromatic heterocycles. The van der Waals surface area contributed by atoms with Gasteiger partial charge < -0.3 is 4.42 Å². The molecule has 0 saturated heterocycles. The number of aromatic nitrogens is 4. The highest BCUT2D eigenvalue weighted by atomic mass is 19.3. The lowest BCUT2D eigenvalue weighted by molar-refractivity contribution is 0.0665. The summed E-state index contributed by atoms with van der Waals surface area (Å²) in [6.45, 7) is -3.03. The van der Waals surface area contributed by atoms with Crippen molar-refractivity contribution in [1.82, 2.24) is 19.3 Å². The Balaban J connectivity index is 1.91. The van der Waals surface area contributed by atoms with Gasteiger partial charge in [0.25, 0.3) is 0 Å². The predicted octanol–water partition coefficient (Wildman–Crippen LogP) is 2.28. The SMILES string of the molecule is O=c1oc(-c2ccc(F)cc2)nn1Cc1nccn1C(F)F. The number of alkyl halides is 2. The summed E-state index contributed by atoms with van der Waals surface area (Å²) >= 11 is 0. The fourth-order valence-corrected chi connectivity index (χ4v) is 1.89. The molecule has 0 amide bonds. The topological polar surface area (TPSA) is 65.8 Å². The molecule has 0 saturated carbocycles. The molecule has 0 aliphatic rings. The summed E-state index contributed by atoms with van der Waals surface area (Å²) in [6, 6.07) is 5.17. The van der Waals surface area contributed by atoms with Gasteiger partial charge in [0.05, 0.1) is 0 Å². The number of halogens is 3. The fourth-order valence-electron chi connectivity index (χ4n) is 1.89. The molecule has 0 atom stereocenters. The maximum absolute atomic E-state index is 12.9. The molecular formula is C13H9F3N4O2. The first-order valence-electron chi connectivity index (χ1n) is 6.18. The van der Waals surface area contributed by atoms with Crippen LogP contribution in [0.3, 0.4) is 0 Å². The zero-order chi connectivity index (χ0) is 15.7. The molecule has 3 aromatic rings. The third-order valence-corrected chi connectivity index (χ3v) is 2.95. The molecule has 0 radical (unpaired) electrons. The highest BCUT2D eigenvalue weighted by Crippen LogP contribution is 2.16. The Labute approximate surface area is 121 Å². The minimum absolute atomic E-state index is 0.0276. The molecule has 9 heteroatoms. The van der Waals surface area contributed by atoms with Crippen LogP contribution < -0.4 is 5.76 Å². The van der Waals surface area contributed by atoms with Crippen LogP contribution in [0.2, 0.25) is 0 Å². The molecular weight excluding hydrogens is 301 g/mol. The van der Waals surface area contributed by atoms with E-state index in [0.29, 0.717) is 10.1 Å². The Kier molecular flexibility index (Phi) is 3.53. The van der Waals surface area contributed by atoms with Gasteiger partial charge in [0, 0.05) is 18.0 Å². The van der Waals surface area contributed by atoms with Crippen molar-refractivity contribution in [3.8, 4) is 11.5 Å². The average Bonchev–Trinajstić information content (AvgIpc) is 3.08. The van der Waals surface area contributed by atoms with E-state index >= 15 is 0 Å². The monoisotopic (exact) mass is 310 g/mol. The van der Waals surface area contributed by atoms with Gasteiger partial charge in [0.1, 0.15) is 18.2 Å². The molecule has 0 unspecified atom stereocenters. The third-order valence-electron chi connectivity index (χ3n) is 2.95. The summed E-state index contributed by atoms with van der Waals surface area (Å²) in [4.78, 5) is 15.5. The van der Waals surface area contributed by atoms with Crippen LogP contribution in [0.4, 0.5) is 13.2 Å². The number of benzene rings is 1. The van der Waals surface area contributed by atoms with E-state index in [4.69, 9.17) is 4.42 Å². The first-order valence-corrected chi connectivity index (χ1v) is 6.18. The highest BCUT2D eigenvalue weighted by Gasteiger charge is 2.16. The second kappa shape index (κ2) is 5.51. The van der Waals surface area contributed by atoms with Gasteiger partial charge in [-0.05, 0) is 24.3 Å². The lowest BCUT2D eigenvalue weighted by Crippen LogP contribution is -2.19. The maximum atomic E-state index is 12.9. The van der Waals surface area contributed by atoms with Crippen LogP contribution in [-0.4, -0.2) is 19.3 Å². The first-order chi connectivity index (χ1) is 10.5. The van der Waals surface area contributed by atoms with Crippen LogP contribution in [-0.2, 0) is 6.54 Å². The quantitative estimate of drug-likeness (QED) is 0.741. The van der Waals surface area contributed by atoms with Crippen LogP contribution in [0.15, 0.2) is 45.9 Å². The minimum Gasteiger partial charge on any atom is -0.388 e. The van der Waals surface area contributed by atoms with E-state index in [1.165, 1.54) is 30.5 Å². The molecule has 0 bridgehead atoms. The number of imidazole rings is 1. The van der Waals surface area contributed by atoms with Crippen LogP contribution in [0, 0.1) is 5.82 Å². The Morgan fingerprint density at radius 1 is 1.23 bits per heavy atom. The smallest absolute Gasteiger partial charge is 0.388 e. The Morgan fingerprint density at radius 2 is 1.95 bits per heavy atom. The Morgan fingerprint density at radius 3 is 2.64 bits per heavy atom. The van der Waals surface area contributed by atoms with E-state index in [1.807, 2.05) is 0 Å². The summed E-state index contributed by atoms with van der Waals surface area (Å²) in [5.41, 5.74) is 0.398. The molecule has 0 aliphatic heterocycles. The van der Waals surface area contributed by atoms with Crippen molar-refractivity contribution < 1.29 is 17.6 Å². The van der Waals surface area contributed by atoms with Gasteiger partial charge in [0.2, 0.25) is 5.89 Å². The van der Waals surface area contributed by atoms with Crippen molar-refractivity contribution in [2.45, 2.75) is 13.1 Å². The van der Waals surface area contributed by atoms with E-state index in [2.05, 4.69) is 10.1 Å². The third kappa shape index (κ3) is 2.65. The lowest BCUT2D eigenvalue weighted by Gasteiger charge is -2.04. The normalized spacial score (nSPS) is 11.3. The summed E-state index contributed by atoms with van der Waals surface area (Å²) in [5, 5.41) is 3.90. The van der Waals surface area contributed by atoms with Crippen molar-refractivity contribution in [2.24, 2.45) is 0 Å². The van der Waals surface area contributed by atoms with Crippen molar-refractivity contribution in [2.75, 3.05) is 0 Å². The second-order valence-electron chi connectivity index (χ2n) is 4.37. The maximum Gasteiger partial charge on any atom is 0.437 e. The Bertz CT molecular complexity index is 836. The van der Waals surface area contributed by atoms with Gasteiger partial charge in [0.15, 0.2) is 0 Å². The highest BCUT2D eigenvalue weighted by molar-refractivity contribution is 5.51. The molecule has 22 heavy (non-hydrogen) atoms. The molecule has 0 aliphatic carbocycles.